The molecule has 22 heavy (non-hydrogen) atoms. The van der Waals surface area contributed by atoms with Crippen molar-refractivity contribution < 1.29 is 14.4 Å². The van der Waals surface area contributed by atoms with E-state index in [1.54, 1.807) is 0 Å². The molecule has 1 aliphatic rings. The Morgan fingerprint density at radius 2 is 2.05 bits per heavy atom. The Labute approximate surface area is 132 Å². The Bertz CT molecular complexity index is 600. The fraction of sp³-hybridized carbons (Fsp3) is 0.615. The van der Waals surface area contributed by atoms with Gasteiger partial charge in [0.05, 0.1) is 23.5 Å². The van der Waals surface area contributed by atoms with E-state index in [2.05, 4.69) is 14.9 Å². The highest BCUT2D eigenvalue weighted by molar-refractivity contribution is 7.05. The Kier molecular flexibility index (Phi) is 4.74. The van der Waals surface area contributed by atoms with Gasteiger partial charge in [0, 0.05) is 14.1 Å². The molecule has 0 aliphatic carbocycles. The summed E-state index contributed by atoms with van der Waals surface area (Å²) in [5.41, 5.74) is 0.870. The number of aromatic nitrogens is 2. The van der Waals surface area contributed by atoms with Gasteiger partial charge in [-0.3, -0.25) is 14.5 Å². The molecule has 1 fully saturated rings. The lowest BCUT2D eigenvalue weighted by Gasteiger charge is -2.15. The highest BCUT2D eigenvalue weighted by atomic mass is 32.1. The maximum absolute atomic E-state index is 12.0. The van der Waals surface area contributed by atoms with E-state index in [4.69, 9.17) is 0 Å². The van der Waals surface area contributed by atoms with Gasteiger partial charge < -0.3 is 10.2 Å². The van der Waals surface area contributed by atoms with Gasteiger partial charge in [-0.05, 0) is 17.5 Å². The van der Waals surface area contributed by atoms with Crippen LogP contribution in [0.1, 0.15) is 36.8 Å². The van der Waals surface area contributed by atoms with Gasteiger partial charge in [-0.1, -0.05) is 18.3 Å². The van der Waals surface area contributed by atoms with Crippen LogP contribution in [0, 0.1) is 0 Å². The Morgan fingerprint density at radius 1 is 1.36 bits per heavy atom. The Morgan fingerprint density at radius 3 is 2.59 bits per heavy atom. The molecule has 1 saturated heterocycles. The summed E-state index contributed by atoms with van der Waals surface area (Å²) in [7, 11) is 2.93. The molecule has 0 aromatic carbocycles. The molecule has 120 valence electrons. The third-order valence-electron chi connectivity index (χ3n) is 3.63. The molecule has 1 aromatic rings. The summed E-state index contributed by atoms with van der Waals surface area (Å²) in [6, 6.07) is -1.13. The fourth-order valence-electron chi connectivity index (χ4n) is 2.28. The molecular formula is C13H19N5O3S. The number of carbonyl (C=O) groups excluding carboxylic acids is 3. The van der Waals surface area contributed by atoms with Crippen molar-refractivity contribution in [2.24, 2.45) is 0 Å². The van der Waals surface area contributed by atoms with E-state index in [0.717, 1.165) is 15.5 Å². The number of nitrogens with one attached hydrogen (secondary N) is 1. The second-order valence-corrected chi connectivity index (χ2v) is 6.36. The third kappa shape index (κ3) is 3.08. The van der Waals surface area contributed by atoms with E-state index in [1.807, 2.05) is 13.8 Å². The molecule has 1 aromatic heterocycles. The number of imide groups is 1. The molecule has 0 spiro atoms. The summed E-state index contributed by atoms with van der Waals surface area (Å²) in [6.45, 7) is 4.35. The number of likely N-dealkylation sites (N-methyl/N-ethyl adjacent to an activating group) is 2. The van der Waals surface area contributed by atoms with Crippen molar-refractivity contribution in [2.75, 3.05) is 14.1 Å². The quantitative estimate of drug-likeness (QED) is 0.798. The van der Waals surface area contributed by atoms with Crippen LogP contribution in [0.3, 0.4) is 0 Å². The zero-order valence-electron chi connectivity index (χ0n) is 13.0. The predicted octanol–water partition coefficient (Wildman–Crippen LogP) is 0.560. The van der Waals surface area contributed by atoms with Crippen LogP contribution < -0.4 is 5.32 Å². The summed E-state index contributed by atoms with van der Waals surface area (Å²) in [6.07, 6.45) is -0.0470. The number of hydrogen-bond donors (Lipinski definition) is 1. The third-order valence-corrected chi connectivity index (χ3v) is 4.37. The minimum Gasteiger partial charge on any atom is -0.351 e. The first-order valence-electron chi connectivity index (χ1n) is 6.95. The monoisotopic (exact) mass is 325 g/mol. The minimum absolute atomic E-state index is 0.0470. The zero-order chi connectivity index (χ0) is 16.4. The van der Waals surface area contributed by atoms with Crippen LogP contribution >= 0.6 is 11.5 Å². The smallest absolute Gasteiger partial charge is 0.326 e. The lowest BCUT2D eigenvalue weighted by Crippen LogP contribution is -2.37. The van der Waals surface area contributed by atoms with Gasteiger partial charge in [0.15, 0.2) is 0 Å². The van der Waals surface area contributed by atoms with Crippen molar-refractivity contribution in [3.8, 4) is 0 Å². The first kappa shape index (κ1) is 16.3. The molecule has 1 aliphatic heterocycles. The molecule has 8 nitrogen and oxygen atoms in total. The Hall–Kier alpha value is -2.03. The summed E-state index contributed by atoms with van der Waals surface area (Å²) in [5, 5.41) is 6.81. The van der Waals surface area contributed by atoms with E-state index in [-0.39, 0.29) is 24.2 Å². The van der Waals surface area contributed by atoms with Gasteiger partial charge in [0.25, 0.3) is 5.91 Å². The maximum atomic E-state index is 12.0. The molecule has 2 rings (SSSR count). The van der Waals surface area contributed by atoms with Crippen molar-refractivity contribution in [1.29, 1.82) is 0 Å². The van der Waals surface area contributed by atoms with Crippen LogP contribution in [-0.4, -0.2) is 57.4 Å². The van der Waals surface area contributed by atoms with E-state index < -0.39 is 12.1 Å². The number of carbonyl (C=O) groups is 3. The normalized spacial score (nSPS) is 18.5. The van der Waals surface area contributed by atoms with Crippen molar-refractivity contribution in [3.63, 3.8) is 0 Å². The SMILES string of the molecule is CC(C)c1nnsc1CNC(=O)C[C@H]1C(=O)N(C)C(=O)N1C. The summed E-state index contributed by atoms with van der Waals surface area (Å²) >= 11 is 1.25. The number of rotatable bonds is 5. The molecule has 0 unspecified atom stereocenters. The van der Waals surface area contributed by atoms with Gasteiger partial charge >= 0.3 is 6.03 Å². The van der Waals surface area contributed by atoms with E-state index in [1.165, 1.54) is 30.5 Å². The molecule has 1 atom stereocenters. The zero-order valence-corrected chi connectivity index (χ0v) is 13.8. The molecule has 2 heterocycles. The fourth-order valence-corrected chi connectivity index (χ4v) is 3.01. The summed E-state index contributed by atoms with van der Waals surface area (Å²) < 4.78 is 3.90. The minimum atomic E-state index is -0.735. The predicted molar refractivity (Wildman–Crippen MR) is 80.2 cm³/mol. The average molecular weight is 325 g/mol. The largest absolute Gasteiger partial charge is 0.351 e. The Balaban J connectivity index is 1.92. The van der Waals surface area contributed by atoms with E-state index in [9.17, 15) is 14.4 Å². The van der Waals surface area contributed by atoms with E-state index >= 15 is 0 Å². The lowest BCUT2D eigenvalue weighted by molar-refractivity contribution is -0.131. The maximum Gasteiger partial charge on any atom is 0.326 e. The van der Waals surface area contributed by atoms with Crippen molar-refractivity contribution in [2.45, 2.75) is 38.8 Å². The van der Waals surface area contributed by atoms with Gasteiger partial charge in [-0.15, -0.1) is 5.10 Å². The van der Waals surface area contributed by atoms with Crippen LogP contribution in [0.2, 0.25) is 0 Å². The standard InChI is InChI=1S/C13H19N5O3S/c1-7(2)11-9(22-16-15-11)6-14-10(19)5-8-12(20)18(4)13(21)17(8)3/h7-8H,5-6H2,1-4H3,(H,14,19)/t8-/m0/s1. The summed E-state index contributed by atoms with van der Waals surface area (Å²) in [5.74, 6) is -0.402. The molecular weight excluding hydrogens is 306 g/mol. The number of hydrogen-bond acceptors (Lipinski definition) is 6. The number of nitrogens with zero attached hydrogens (tertiary/aromatic N) is 4. The second-order valence-electron chi connectivity index (χ2n) is 5.52. The molecule has 0 saturated carbocycles. The van der Waals surface area contributed by atoms with Gasteiger partial charge in [0.2, 0.25) is 5.91 Å². The van der Waals surface area contributed by atoms with Crippen molar-refractivity contribution in [3.05, 3.63) is 10.6 Å². The van der Waals surface area contributed by atoms with Crippen LogP contribution in [0.25, 0.3) is 0 Å². The number of amides is 4. The molecule has 4 amide bonds. The van der Waals surface area contributed by atoms with Gasteiger partial charge in [0.1, 0.15) is 6.04 Å². The second kappa shape index (κ2) is 6.39. The van der Waals surface area contributed by atoms with Gasteiger partial charge in [-0.2, -0.15) is 0 Å². The van der Waals surface area contributed by atoms with Gasteiger partial charge in [-0.25, -0.2) is 4.79 Å². The first-order valence-corrected chi connectivity index (χ1v) is 7.72. The lowest BCUT2D eigenvalue weighted by atomic mass is 10.1. The van der Waals surface area contributed by atoms with Crippen molar-refractivity contribution >= 4 is 29.4 Å². The van der Waals surface area contributed by atoms with Crippen LogP contribution in [-0.2, 0) is 16.1 Å². The van der Waals surface area contributed by atoms with Crippen LogP contribution in [0.5, 0.6) is 0 Å². The first-order chi connectivity index (χ1) is 10.3. The highest BCUT2D eigenvalue weighted by Gasteiger charge is 2.41. The van der Waals surface area contributed by atoms with Crippen LogP contribution in [0.4, 0.5) is 4.79 Å². The average Bonchev–Trinajstić information content (AvgIpc) is 3.01. The van der Waals surface area contributed by atoms with E-state index in [0.29, 0.717) is 6.54 Å². The van der Waals surface area contributed by atoms with Crippen molar-refractivity contribution in [1.82, 2.24) is 24.7 Å². The topological polar surface area (TPSA) is 95.5 Å². The highest BCUT2D eigenvalue weighted by Crippen LogP contribution is 2.20. The molecule has 1 N–H and O–H groups in total. The molecule has 0 radical (unpaired) electrons. The molecule has 0 bridgehead atoms. The number of urea groups is 1. The molecule has 9 heteroatoms. The van der Waals surface area contributed by atoms with Crippen LogP contribution in [0.15, 0.2) is 0 Å². The summed E-state index contributed by atoms with van der Waals surface area (Å²) in [4.78, 5) is 38.8.